The number of nitrogens with one attached hydrogen (secondary N) is 1. The molecule has 4 nitrogen and oxygen atoms in total. The van der Waals surface area contributed by atoms with Crippen LogP contribution in [-0.2, 0) is 13.1 Å². The second-order valence-corrected chi connectivity index (χ2v) is 4.38. The Morgan fingerprint density at radius 3 is 2.50 bits per heavy atom. The summed E-state index contributed by atoms with van der Waals surface area (Å²) in [6, 6.07) is 5.88. The number of benzene rings is 1. The fraction of sp³-hybridized carbons (Fsp3) is 0.286. The number of aryl methyl sites for hydroxylation is 2. The van der Waals surface area contributed by atoms with Crippen molar-refractivity contribution in [2.75, 3.05) is 0 Å². The average molecular weight is 243 g/mol. The molecule has 0 spiro atoms. The second kappa shape index (κ2) is 5.60. The third-order valence-electron chi connectivity index (χ3n) is 2.83. The summed E-state index contributed by atoms with van der Waals surface area (Å²) in [5.41, 5.74) is 3.96. The molecule has 94 valence electrons. The number of phenols is 1. The van der Waals surface area contributed by atoms with Crippen molar-refractivity contribution in [3.05, 3.63) is 53.1 Å². The average Bonchev–Trinajstić information content (AvgIpc) is 2.37. The molecule has 0 saturated heterocycles. The lowest BCUT2D eigenvalue weighted by atomic mass is 10.1. The Morgan fingerprint density at radius 1 is 1.17 bits per heavy atom. The fourth-order valence-corrected chi connectivity index (χ4v) is 1.91. The number of hydrogen-bond donors (Lipinski definition) is 2. The van der Waals surface area contributed by atoms with Crippen molar-refractivity contribution in [3.63, 3.8) is 0 Å². The van der Waals surface area contributed by atoms with Gasteiger partial charge in [-0.1, -0.05) is 12.1 Å². The first kappa shape index (κ1) is 12.5. The largest absolute Gasteiger partial charge is 0.507 e. The highest BCUT2D eigenvalue weighted by Crippen LogP contribution is 2.22. The van der Waals surface area contributed by atoms with Gasteiger partial charge in [0, 0.05) is 19.3 Å². The SMILES string of the molecule is Cc1cc(CNCc2ccncn2)cc(C)c1O. The minimum absolute atomic E-state index is 0.384. The van der Waals surface area contributed by atoms with E-state index in [0.29, 0.717) is 12.3 Å². The van der Waals surface area contributed by atoms with E-state index in [0.717, 1.165) is 28.9 Å². The van der Waals surface area contributed by atoms with Crippen LogP contribution in [0.15, 0.2) is 30.7 Å². The Bertz CT molecular complexity index is 503. The van der Waals surface area contributed by atoms with Crippen molar-refractivity contribution >= 4 is 0 Å². The van der Waals surface area contributed by atoms with Crippen LogP contribution < -0.4 is 5.32 Å². The maximum atomic E-state index is 9.70. The fourth-order valence-electron chi connectivity index (χ4n) is 1.91. The molecule has 4 heteroatoms. The highest BCUT2D eigenvalue weighted by Gasteiger charge is 2.03. The minimum atomic E-state index is 0.384. The van der Waals surface area contributed by atoms with E-state index in [2.05, 4.69) is 15.3 Å². The molecule has 2 aromatic rings. The third kappa shape index (κ3) is 3.05. The van der Waals surface area contributed by atoms with Gasteiger partial charge in [-0.2, -0.15) is 0 Å². The summed E-state index contributed by atoms with van der Waals surface area (Å²) in [6.45, 7) is 5.29. The predicted molar refractivity (Wildman–Crippen MR) is 70.2 cm³/mol. The van der Waals surface area contributed by atoms with Crippen molar-refractivity contribution in [1.82, 2.24) is 15.3 Å². The number of phenolic OH excluding ortho intramolecular Hbond substituents is 1. The van der Waals surface area contributed by atoms with Gasteiger partial charge in [0.15, 0.2) is 0 Å². The molecule has 2 N–H and O–H groups in total. The van der Waals surface area contributed by atoms with Crippen LogP contribution in [0.5, 0.6) is 5.75 Å². The Morgan fingerprint density at radius 2 is 1.89 bits per heavy atom. The second-order valence-electron chi connectivity index (χ2n) is 4.38. The van der Waals surface area contributed by atoms with Gasteiger partial charge in [-0.25, -0.2) is 9.97 Å². The van der Waals surface area contributed by atoms with Crippen LogP contribution in [0.4, 0.5) is 0 Å². The summed E-state index contributed by atoms with van der Waals surface area (Å²) in [5, 5.41) is 13.0. The zero-order valence-corrected chi connectivity index (χ0v) is 10.6. The van der Waals surface area contributed by atoms with Crippen LogP contribution in [0.25, 0.3) is 0 Å². The van der Waals surface area contributed by atoms with Crippen LogP contribution in [-0.4, -0.2) is 15.1 Å². The van der Waals surface area contributed by atoms with E-state index in [1.807, 2.05) is 32.0 Å². The molecule has 0 aliphatic heterocycles. The van der Waals surface area contributed by atoms with Crippen LogP contribution in [0, 0.1) is 13.8 Å². The first-order valence-corrected chi connectivity index (χ1v) is 5.91. The van der Waals surface area contributed by atoms with Crippen LogP contribution in [0.2, 0.25) is 0 Å². The van der Waals surface area contributed by atoms with E-state index in [4.69, 9.17) is 0 Å². The quantitative estimate of drug-likeness (QED) is 0.863. The highest BCUT2D eigenvalue weighted by atomic mass is 16.3. The molecule has 0 fully saturated rings. The van der Waals surface area contributed by atoms with E-state index in [1.165, 1.54) is 0 Å². The van der Waals surface area contributed by atoms with Gasteiger partial charge in [0.05, 0.1) is 5.69 Å². The van der Waals surface area contributed by atoms with Gasteiger partial charge >= 0.3 is 0 Å². The molecule has 18 heavy (non-hydrogen) atoms. The third-order valence-corrected chi connectivity index (χ3v) is 2.83. The van der Waals surface area contributed by atoms with E-state index < -0.39 is 0 Å². The molecule has 0 aliphatic rings. The maximum Gasteiger partial charge on any atom is 0.121 e. The number of aromatic hydroxyl groups is 1. The lowest BCUT2D eigenvalue weighted by Gasteiger charge is -2.09. The molecule has 0 aliphatic carbocycles. The summed E-state index contributed by atoms with van der Waals surface area (Å²) < 4.78 is 0. The molecular weight excluding hydrogens is 226 g/mol. The van der Waals surface area contributed by atoms with Gasteiger partial charge in [0.1, 0.15) is 12.1 Å². The van der Waals surface area contributed by atoms with Crippen molar-refractivity contribution in [2.45, 2.75) is 26.9 Å². The molecule has 0 saturated carbocycles. The van der Waals surface area contributed by atoms with E-state index in [1.54, 1.807) is 12.5 Å². The van der Waals surface area contributed by atoms with Crippen molar-refractivity contribution in [2.24, 2.45) is 0 Å². The summed E-state index contributed by atoms with van der Waals surface area (Å²) >= 11 is 0. The van der Waals surface area contributed by atoms with Gasteiger partial charge < -0.3 is 10.4 Å². The number of aromatic nitrogens is 2. The lowest BCUT2D eigenvalue weighted by molar-refractivity contribution is 0.466. The topological polar surface area (TPSA) is 58.0 Å². The first-order chi connectivity index (χ1) is 8.66. The molecule has 0 radical (unpaired) electrons. The van der Waals surface area contributed by atoms with E-state index in [9.17, 15) is 5.11 Å². The molecule has 0 atom stereocenters. The minimum Gasteiger partial charge on any atom is -0.507 e. The summed E-state index contributed by atoms with van der Waals surface area (Å²) in [5.74, 6) is 0.384. The molecule has 2 rings (SSSR count). The Kier molecular flexibility index (Phi) is 3.89. The molecule has 0 amide bonds. The Balaban J connectivity index is 1.95. The Labute approximate surface area is 107 Å². The zero-order chi connectivity index (χ0) is 13.0. The standard InChI is InChI=1S/C14H17N3O/c1-10-5-12(6-11(2)14(10)18)7-16-8-13-3-4-15-9-17-13/h3-6,9,16,18H,7-8H2,1-2H3. The molecule has 1 aromatic carbocycles. The molecular formula is C14H17N3O. The Hall–Kier alpha value is -1.94. The highest BCUT2D eigenvalue weighted by molar-refractivity contribution is 5.42. The summed E-state index contributed by atoms with van der Waals surface area (Å²) in [7, 11) is 0. The lowest BCUT2D eigenvalue weighted by Crippen LogP contribution is -2.13. The van der Waals surface area contributed by atoms with Gasteiger partial charge in [0.25, 0.3) is 0 Å². The van der Waals surface area contributed by atoms with E-state index >= 15 is 0 Å². The molecule has 1 aromatic heterocycles. The molecule has 0 unspecified atom stereocenters. The summed E-state index contributed by atoms with van der Waals surface area (Å²) in [6.07, 6.45) is 3.28. The number of hydrogen-bond acceptors (Lipinski definition) is 4. The van der Waals surface area contributed by atoms with Crippen molar-refractivity contribution in [3.8, 4) is 5.75 Å². The number of nitrogens with zero attached hydrogens (tertiary/aromatic N) is 2. The smallest absolute Gasteiger partial charge is 0.121 e. The zero-order valence-electron chi connectivity index (χ0n) is 10.6. The maximum absolute atomic E-state index is 9.70. The monoisotopic (exact) mass is 243 g/mol. The van der Waals surface area contributed by atoms with E-state index in [-0.39, 0.29) is 0 Å². The predicted octanol–water partition coefficient (Wildman–Crippen LogP) is 2.09. The van der Waals surface area contributed by atoms with Gasteiger partial charge in [-0.15, -0.1) is 0 Å². The molecule has 0 bridgehead atoms. The van der Waals surface area contributed by atoms with Gasteiger partial charge in [0.2, 0.25) is 0 Å². The number of rotatable bonds is 4. The molecule has 1 heterocycles. The van der Waals surface area contributed by atoms with Gasteiger partial charge in [-0.3, -0.25) is 0 Å². The van der Waals surface area contributed by atoms with Gasteiger partial charge in [-0.05, 0) is 36.6 Å². The van der Waals surface area contributed by atoms with Crippen LogP contribution >= 0.6 is 0 Å². The summed E-state index contributed by atoms with van der Waals surface area (Å²) in [4.78, 5) is 8.02. The van der Waals surface area contributed by atoms with Crippen LogP contribution in [0.3, 0.4) is 0 Å². The first-order valence-electron chi connectivity index (χ1n) is 5.91. The van der Waals surface area contributed by atoms with Crippen molar-refractivity contribution < 1.29 is 5.11 Å². The van der Waals surface area contributed by atoms with Crippen molar-refractivity contribution in [1.29, 1.82) is 0 Å². The normalized spacial score (nSPS) is 10.6. The van der Waals surface area contributed by atoms with Crippen LogP contribution in [0.1, 0.15) is 22.4 Å².